The minimum absolute atomic E-state index is 0.0982. The molecule has 1 amide bonds. The van der Waals surface area contributed by atoms with Gasteiger partial charge in [0.2, 0.25) is 5.75 Å². The molecule has 8 heteroatoms. The first kappa shape index (κ1) is 23.5. The van der Waals surface area contributed by atoms with Gasteiger partial charge in [0.25, 0.3) is 5.91 Å². The maximum atomic E-state index is 13.5. The lowest BCUT2D eigenvalue weighted by Crippen LogP contribution is -2.30. The van der Waals surface area contributed by atoms with Gasteiger partial charge in [-0.1, -0.05) is 12.1 Å². The van der Waals surface area contributed by atoms with Crippen LogP contribution in [0, 0.1) is 0 Å². The summed E-state index contributed by atoms with van der Waals surface area (Å²) in [4.78, 5) is 26.3. The molecule has 172 valence electrons. The standard InChI is InChI=1S/C25H25NO7/c1-30-20-11-5-16(6-12-20)15-26(24(27)17-7-9-18(10-8-17)25(28)29)19-13-21(31-2)23(33-4)22(14-19)32-3/h5-14H,15H2,1-4H3,(H,28,29). The van der Waals surface area contributed by atoms with E-state index in [-0.39, 0.29) is 18.0 Å². The van der Waals surface area contributed by atoms with Gasteiger partial charge < -0.3 is 29.0 Å². The van der Waals surface area contributed by atoms with Crippen molar-refractivity contribution in [3.8, 4) is 23.0 Å². The molecular weight excluding hydrogens is 426 g/mol. The second-order valence-corrected chi connectivity index (χ2v) is 7.01. The zero-order chi connectivity index (χ0) is 24.0. The fraction of sp³-hybridized carbons (Fsp3) is 0.200. The van der Waals surface area contributed by atoms with E-state index in [4.69, 9.17) is 24.1 Å². The summed E-state index contributed by atoms with van der Waals surface area (Å²) in [6.07, 6.45) is 0. The monoisotopic (exact) mass is 451 g/mol. The fourth-order valence-corrected chi connectivity index (χ4v) is 3.33. The van der Waals surface area contributed by atoms with Crippen LogP contribution in [0.25, 0.3) is 0 Å². The highest BCUT2D eigenvalue weighted by Gasteiger charge is 2.23. The van der Waals surface area contributed by atoms with Crippen molar-refractivity contribution in [2.75, 3.05) is 33.3 Å². The average molecular weight is 451 g/mol. The van der Waals surface area contributed by atoms with Gasteiger partial charge in [-0.05, 0) is 42.0 Å². The number of aromatic carboxylic acids is 1. The predicted molar refractivity (Wildman–Crippen MR) is 123 cm³/mol. The third-order valence-electron chi connectivity index (χ3n) is 5.08. The highest BCUT2D eigenvalue weighted by atomic mass is 16.5. The van der Waals surface area contributed by atoms with Gasteiger partial charge in [-0.15, -0.1) is 0 Å². The third-order valence-corrected chi connectivity index (χ3v) is 5.08. The number of rotatable bonds is 9. The molecule has 0 spiro atoms. The van der Waals surface area contributed by atoms with Crippen LogP contribution in [0.1, 0.15) is 26.3 Å². The van der Waals surface area contributed by atoms with Crippen molar-refractivity contribution in [1.82, 2.24) is 0 Å². The van der Waals surface area contributed by atoms with Crippen molar-refractivity contribution in [3.05, 3.63) is 77.4 Å². The number of ether oxygens (including phenoxy) is 4. The van der Waals surface area contributed by atoms with Crippen molar-refractivity contribution >= 4 is 17.6 Å². The second kappa shape index (κ2) is 10.4. The molecule has 0 bridgehead atoms. The van der Waals surface area contributed by atoms with E-state index in [1.807, 2.05) is 24.3 Å². The van der Waals surface area contributed by atoms with Crippen molar-refractivity contribution in [1.29, 1.82) is 0 Å². The van der Waals surface area contributed by atoms with E-state index < -0.39 is 5.97 Å². The Labute approximate surface area is 191 Å². The molecule has 3 aromatic carbocycles. The highest BCUT2D eigenvalue weighted by molar-refractivity contribution is 6.06. The van der Waals surface area contributed by atoms with Crippen molar-refractivity contribution in [2.45, 2.75) is 6.54 Å². The van der Waals surface area contributed by atoms with Crippen molar-refractivity contribution in [2.24, 2.45) is 0 Å². The molecule has 0 radical (unpaired) electrons. The average Bonchev–Trinajstić information content (AvgIpc) is 2.86. The van der Waals surface area contributed by atoms with Crippen LogP contribution in [0.3, 0.4) is 0 Å². The highest BCUT2D eigenvalue weighted by Crippen LogP contribution is 2.41. The Bertz CT molecular complexity index is 1100. The second-order valence-electron chi connectivity index (χ2n) is 7.01. The summed E-state index contributed by atoms with van der Waals surface area (Å²) in [5.74, 6) is 0.534. The lowest BCUT2D eigenvalue weighted by Gasteiger charge is -2.25. The normalized spacial score (nSPS) is 10.3. The van der Waals surface area contributed by atoms with E-state index >= 15 is 0 Å². The fourth-order valence-electron chi connectivity index (χ4n) is 3.33. The predicted octanol–water partition coefficient (Wildman–Crippen LogP) is 4.27. The Balaban J connectivity index is 2.08. The van der Waals surface area contributed by atoms with Gasteiger partial charge in [0, 0.05) is 17.7 Å². The molecule has 0 fully saturated rings. The molecule has 0 aliphatic rings. The molecule has 0 unspecified atom stereocenters. The molecule has 0 aliphatic carbocycles. The van der Waals surface area contributed by atoms with Crippen LogP contribution in [0.5, 0.6) is 23.0 Å². The minimum atomic E-state index is -1.06. The van der Waals surface area contributed by atoms with Gasteiger partial charge in [-0.3, -0.25) is 4.79 Å². The first-order chi connectivity index (χ1) is 15.9. The quantitative estimate of drug-likeness (QED) is 0.519. The number of anilines is 1. The lowest BCUT2D eigenvalue weighted by atomic mass is 10.1. The Morgan fingerprint density at radius 3 is 1.76 bits per heavy atom. The Morgan fingerprint density at radius 1 is 0.758 bits per heavy atom. The third kappa shape index (κ3) is 5.17. The Kier molecular flexibility index (Phi) is 7.40. The number of amides is 1. The number of carboxylic acids is 1. The molecule has 8 nitrogen and oxygen atoms in total. The number of carbonyl (C=O) groups excluding carboxylic acids is 1. The van der Waals surface area contributed by atoms with Gasteiger partial charge in [0.15, 0.2) is 11.5 Å². The van der Waals surface area contributed by atoms with Gasteiger partial charge >= 0.3 is 5.97 Å². The number of hydrogen-bond donors (Lipinski definition) is 1. The summed E-state index contributed by atoms with van der Waals surface area (Å²) in [5, 5.41) is 9.16. The maximum Gasteiger partial charge on any atom is 0.335 e. The van der Waals surface area contributed by atoms with Crippen LogP contribution in [0.4, 0.5) is 5.69 Å². The van der Waals surface area contributed by atoms with Crippen LogP contribution < -0.4 is 23.8 Å². The molecule has 0 saturated heterocycles. The Hall–Kier alpha value is -4.20. The van der Waals surface area contributed by atoms with E-state index in [0.717, 1.165) is 5.56 Å². The van der Waals surface area contributed by atoms with Crippen molar-refractivity contribution < 1.29 is 33.6 Å². The number of methoxy groups -OCH3 is 4. The molecular formula is C25H25NO7. The van der Waals surface area contributed by atoms with Gasteiger partial charge in [-0.2, -0.15) is 0 Å². The number of nitrogens with zero attached hydrogens (tertiary/aromatic N) is 1. The zero-order valence-corrected chi connectivity index (χ0v) is 18.8. The van der Waals surface area contributed by atoms with E-state index in [1.54, 1.807) is 24.1 Å². The topological polar surface area (TPSA) is 94.5 Å². The smallest absolute Gasteiger partial charge is 0.335 e. The van der Waals surface area contributed by atoms with Gasteiger partial charge in [-0.25, -0.2) is 4.79 Å². The minimum Gasteiger partial charge on any atom is -0.497 e. The number of carbonyl (C=O) groups is 2. The molecule has 3 rings (SSSR count). The summed E-state index contributed by atoms with van der Waals surface area (Å²) in [6.45, 7) is 0.238. The molecule has 0 saturated carbocycles. The van der Waals surface area contributed by atoms with E-state index in [1.165, 1.54) is 45.6 Å². The number of hydrogen-bond acceptors (Lipinski definition) is 6. The zero-order valence-electron chi connectivity index (χ0n) is 18.8. The molecule has 1 N–H and O–H groups in total. The molecule has 0 aliphatic heterocycles. The van der Waals surface area contributed by atoms with Crippen LogP contribution in [-0.2, 0) is 6.54 Å². The summed E-state index contributed by atoms with van der Waals surface area (Å²) in [5.41, 5.74) is 1.82. The SMILES string of the molecule is COc1ccc(CN(C(=O)c2ccc(C(=O)O)cc2)c2cc(OC)c(OC)c(OC)c2)cc1. The van der Waals surface area contributed by atoms with Crippen LogP contribution in [0.15, 0.2) is 60.7 Å². The summed E-state index contributed by atoms with van der Waals surface area (Å²) < 4.78 is 21.5. The van der Waals surface area contributed by atoms with Crippen molar-refractivity contribution in [3.63, 3.8) is 0 Å². The lowest BCUT2D eigenvalue weighted by molar-refractivity contribution is 0.0696. The van der Waals surface area contributed by atoms with Crippen LogP contribution >= 0.6 is 0 Å². The van der Waals surface area contributed by atoms with Gasteiger partial charge in [0.05, 0.1) is 46.2 Å². The van der Waals surface area contributed by atoms with E-state index in [2.05, 4.69) is 0 Å². The summed E-state index contributed by atoms with van der Waals surface area (Å²) in [7, 11) is 6.09. The summed E-state index contributed by atoms with van der Waals surface area (Å²) >= 11 is 0. The largest absolute Gasteiger partial charge is 0.497 e. The number of carboxylic acid groups (broad SMARTS) is 1. The molecule has 0 atom stereocenters. The molecule has 0 heterocycles. The van der Waals surface area contributed by atoms with Crippen LogP contribution in [-0.4, -0.2) is 45.4 Å². The number of benzene rings is 3. The van der Waals surface area contributed by atoms with Gasteiger partial charge in [0.1, 0.15) is 5.75 Å². The molecule has 33 heavy (non-hydrogen) atoms. The van der Waals surface area contributed by atoms with Crippen LogP contribution in [0.2, 0.25) is 0 Å². The maximum absolute atomic E-state index is 13.5. The summed E-state index contributed by atoms with van der Waals surface area (Å²) in [6, 6.07) is 16.5. The molecule has 0 aromatic heterocycles. The Morgan fingerprint density at radius 2 is 1.30 bits per heavy atom. The molecule has 3 aromatic rings. The van der Waals surface area contributed by atoms with E-state index in [9.17, 15) is 9.59 Å². The first-order valence-corrected chi connectivity index (χ1v) is 10.00. The van der Waals surface area contributed by atoms with E-state index in [0.29, 0.717) is 34.2 Å². The first-order valence-electron chi connectivity index (χ1n) is 10.00.